The van der Waals surface area contributed by atoms with E-state index in [1.165, 1.54) is 12.8 Å². The number of thioether (sulfide) groups is 1. The van der Waals surface area contributed by atoms with Crippen molar-refractivity contribution in [2.75, 3.05) is 0 Å². The van der Waals surface area contributed by atoms with Crippen LogP contribution in [-0.4, -0.2) is 20.6 Å². The number of pyridine rings is 1. The summed E-state index contributed by atoms with van der Waals surface area (Å²) in [5.74, 6) is 0. The van der Waals surface area contributed by atoms with Gasteiger partial charge in [-0.05, 0) is 31.7 Å². The summed E-state index contributed by atoms with van der Waals surface area (Å²) in [5.41, 5.74) is 1.33. The van der Waals surface area contributed by atoms with Crippen LogP contribution in [0.15, 0.2) is 36.5 Å². The number of hydrogen-bond acceptors (Lipinski definition) is 3. The molecule has 2 atom stereocenters. The van der Waals surface area contributed by atoms with Gasteiger partial charge in [-0.3, -0.25) is 4.98 Å². The number of para-hydroxylation sites is 1. The lowest BCUT2D eigenvalue weighted by Gasteiger charge is -2.36. The van der Waals surface area contributed by atoms with Gasteiger partial charge in [0.2, 0.25) is 0 Å². The van der Waals surface area contributed by atoms with Gasteiger partial charge in [0.05, 0.1) is 11.1 Å². The van der Waals surface area contributed by atoms with Crippen molar-refractivity contribution in [2.24, 2.45) is 0 Å². The average Bonchev–Trinajstić information content (AvgIpc) is 2.78. The number of aliphatic hydroxyl groups is 1. The summed E-state index contributed by atoms with van der Waals surface area (Å²) < 4.78 is 0. The van der Waals surface area contributed by atoms with E-state index in [4.69, 9.17) is 0 Å². The monoisotopic (exact) mass is 271 g/mol. The number of aromatic nitrogens is 1. The van der Waals surface area contributed by atoms with E-state index in [-0.39, 0.29) is 0 Å². The predicted molar refractivity (Wildman–Crippen MR) is 79.3 cm³/mol. The van der Waals surface area contributed by atoms with Crippen LogP contribution in [0.25, 0.3) is 10.9 Å². The van der Waals surface area contributed by atoms with Crippen LogP contribution in [0.3, 0.4) is 0 Å². The summed E-state index contributed by atoms with van der Waals surface area (Å²) in [5, 5.41) is 13.5. The Kier molecular flexibility index (Phi) is 2.61. The first-order valence-electron chi connectivity index (χ1n) is 6.97. The highest BCUT2D eigenvalue weighted by molar-refractivity contribution is 8.00. The number of fused-ring (bicyclic) bond motifs is 3. The van der Waals surface area contributed by atoms with Gasteiger partial charge in [0.15, 0.2) is 0 Å². The Balaban J connectivity index is 1.85. The van der Waals surface area contributed by atoms with Crippen molar-refractivity contribution in [1.29, 1.82) is 0 Å². The molecule has 98 valence electrons. The zero-order valence-corrected chi connectivity index (χ0v) is 11.6. The molecule has 2 nitrogen and oxygen atoms in total. The quantitative estimate of drug-likeness (QED) is 0.862. The second-order valence-corrected chi connectivity index (χ2v) is 7.38. The molecule has 1 aromatic heterocycles. The van der Waals surface area contributed by atoms with E-state index in [1.807, 2.05) is 18.3 Å². The van der Waals surface area contributed by atoms with Gasteiger partial charge >= 0.3 is 0 Å². The highest BCUT2D eigenvalue weighted by Gasteiger charge is 2.45. The molecular formula is C16H17NOS. The minimum absolute atomic E-state index is 0.628. The van der Waals surface area contributed by atoms with Crippen LogP contribution < -0.4 is 0 Å². The Morgan fingerprint density at radius 2 is 1.84 bits per heavy atom. The number of hydrogen-bond donors (Lipinski definition) is 1. The van der Waals surface area contributed by atoms with Crippen molar-refractivity contribution in [1.82, 2.24) is 4.98 Å². The van der Waals surface area contributed by atoms with E-state index in [0.29, 0.717) is 10.5 Å². The van der Waals surface area contributed by atoms with Gasteiger partial charge in [-0.15, -0.1) is 0 Å². The Morgan fingerprint density at radius 3 is 2.63 bits per heavy atom. The molecule has 4 rings (SSSR count). The van der Waals surface area contributed by atoms with Crippen molar-refractivity contribution in [3.05, 3.63) is 42.1 Å². The zero-order chi connectivity index (χ0) is 12.9. The van der Waals surface area contributed by atoms with Gasteiger partial charge in [0, 0.05) is 27.6 Å². The van der Waals surface area contributed by atoms with Crippen molar-refractivity contribution >= 4 is 22.7 Å². The van der Waals surface area contributed by atoms with Crippen LogP contribution >= 0.6 is 11.8 Å². The van der Waals surface area contributed by atoms with Crippen molar-refractivity contribution in [3.8, 4) is 0 Å². The molecule has 2 aliphatic rings. The number of nitrogens with zero attached hydrogens (tertiary/aromatic N) is 1. The van der Waals surface area contributed by atoms with Gasteiger partial charge in [-0.25, -0.2) is 0 Å². The maximum absolute atomic E-state index is 11.2. The molecule has 2 fully saturated rings. The molecule has 1 aromatic carbocycles. The van der Waals surface area contributed by atoms with Crippen LogP contribution in [-0.2, 0) is 5.60 Å². The molecule has 0 radical (unpaired) electrons. The van der Waals surface area contributed by atoms with Gasteiger partial charge < -0.3 is 5.11 Å². The number of rotatable bonds is 1. The lowest BCUT2D eigenvalue weighted by Crippen LogP contribution is -2.34. The zero-order valence-electron chi connectivity index (χ0n) is 10.7. The van der Waals surface area contributed by atoms with Gasteiger partial charge in [0.1, 0.15) is 0 Å². The summed E-state index contributed by atoms with van der Waals surface area (Å²) in [6.07, 6.45) is 6.10. The van der Waals surface area contributed by atoms with Gasteiger partial charge in [0.25, 0.3) is 0 Å². The van der Waals surface area contributed by atoms with E-state index >= 15 is 0 Å². The largest absolute Gasteiger partial charge is 0.385 e. The molecule has 3 heterocycles. The first-order valence-corrected chi connectivity index (χ1v) is 7.91. The second kappa shape index (κ2) is 4.22. The van der Waals surface area contributed by atoms with E-state index in [2.05, 4.69) is 34.9 Å². The van der Waals surface area contributed by atoms with Crippen LogP contribution in [0.2, 0.25) is 0 Å². The molecule has 1 N–H and O–H groups in total. The fourth-order valence-electron chi connectivity index (χ4n) is 3.62. The molecule has 2 aromatic rings. The molecular weight excluding hydrogens is 254 g/mol. The highest BCUT2D eigenvalue weighted by atomic mass is 32.2. The highest BCUT2D eigenvalue weighted by Crippen LogP contribution is 2.51. The minimum Gasteiger partial charge on any atom is -0.385 e. The average molecular weight is 271 g/mol. The summed E-state index contributed by atoms with van der Waals surface area (Å²) >= 11 is 2.07. The minimum atomic E-state index is -0.676. The maximum Gasteiger partial charge on any atom is 0.0938 e. The van der Waals surface area contributed by atoms with Crippen molar-refractivity contribution < 1.29 is 5.11 Å². The van der Waals surface area contributed by atoms with E-state index < -0.39 is 5.60 Å². The lowest BCUT2D eigenvalue weighted by atomic mass is 9.84. The maximum atomic E-state index is 11.2. The Hall–Kier alpha value is -1.06. The Labute approximate surface area is 117 Å². The van der Waals surface area contributed by atoms with E-state index in [0.717, 1.165) is 29.3 Å². The van der Waals surface area contributed by atoms with Crippen LogP contribution in [0.4, 0.5) is 0 Å². The second-order valence-electron chi connectivity index (χ2n) is 5.78. The van der Waals surface area contributed by atoms with Crippen LogP contribution in [0, 0.1) is 0 Å². The molecule has 2 unspecified atom stereocenters. The Bertz CT molecular complexity index is 610. The fourth-order valence-corrected chi connectivity index (χ4v) is 5.45. The first-order chi connectivity index (χ1) is 9.24. The first kappa shape index (κ1) is 11.7. The van der Waals surface area contributed by atoms with Crippen LogP contribution in [0.1, 0.15) is 31.2 Å². The molecule has 19 heavy (non-hydrogen) atoms. The summed E-state index contributed by atoms with van der Waals surface area (Å²) in [4.78, 5) is 4.51. The van der Waals surface area contributed by atoms with Crippen molar-refractivity contribution in [2.45, 2.75) is 41.8 Å². The van der Waals surface area contributed by atoms with Gasteiger partial charge in [-0.1, -0.05) is 24.3 Å². The molecule has 3 heteroatoms. The third-order valence-electron chi connectivity index (χ3n) is 4.46. The summed E-state index contributed by atoms with van der Waals surface area (Å²) in [6, 6.07) is 10.2. The lowest BCUT2D eigenvalue weighted by molar-refractivity contribution is 0.0209. The number of benzene rings is 1. The van der Waals surface area contributed by atoms with E-state index in [1.54, 1.807) is 0 Å². The molecule has 2 aliphatic heterocycles. The third-order valence-corrected chi connectivity index (χ3v) is 6.03. The van der Waals surface area contributed by atoms with Crippen molar-refractivity contribution in [3.63, 3.8) is 0 Å². The fraction of sp³-hybridized carbons (Fsp3) is 0.438. The Morgan fingerprint density at radius 1 is 1.11 bits per heavy atom. The topological polar surface area (TPSA) is 33.1 Å². The van der Waals surface area contributed by atoms with Crippen LogP contribution in [0.5, 0.6) is 0 Å². The molecule has 0 saturated carbocycles. The summed E-state index contributed by atoms with van der Waals surface area (Å²) in [7, 11) is 0. The predicted octanol–water partition coefficient (Wildman–Crippen LogP) is 3.48. The van der Waals surface area contributed by atoms with E-state index in [9.17, 15) is 5.11 Å². The standard InChI is InChI=1S/C16H17NOS/c18-16(9-12-6-7-13(10-16)19-12)14-5-1-3-11-4-2-8-17-15(11)14/h1-5,8,12-13,18H,6-7,9-10H2. The molecule has 0 aliphatic carbocycles. The molecule has 2 saturated heterocycles. The third kappa shape index (κ3) is 1.87. The molecule has 2 bridgehead atoms. The normalized spacial score (nSPS) is 33.7. The SMILES string of the molecule is OC1(c2cccc3cccnc23)CC2CCC(C1)S2. The molecule has 0 spiro atoms. The molecule has 0 amide bonds. The smallest absolute Gasteiger partial charge is 0.0938 e. The summed E-state index contributed by atoms with van der Waals surface area (Å²) in [6.45, 7) is 0. The van der Waals surface area contributed by atoms with Gasteiger partial charge in [-0.2, -0.15) is 11.8 Å².